The third-order valence-electron chi connectivity index (χ3n) is 3.21. The Kier molecular flexibility index (Phi) is 5.57. The first-order chi connectivity index (χ1) is 10.5. The molecular formula is C17H18BrNO3. The molecule has 0 aliphatic rings. The van der Waals surface area contributed by atoms with E-state index in [1.54, 1.807) is 24.3 Å². The van der Waals surface area contributed by atoms with Gasteiger partial charge in [0, 0.05) is 10.5 Å². The minimum Gasteiger partial charge on any atom is -0.484 e. The van der Waals surface area contributed by atoms with Crippen LogP contribution in [0.1, 0.15) is 28.9 Å². The zero-order valence-electron chi connectivity index (χ0n) is 12.5. The number of rotatable bonds is 5. The van der Waals surface area contributed by atoms with Gasteiger partial charge >= 0.3 is 5.97 Å². The molecule has 2 N–H and O–H groups in total. The van der Waals surface area contributed by atoms with Crippen molar-refractivity contribution < 1.29 is 14.3 Å². The van der Waals surface area contributed by atoms with Crippen molar-refractivity contribution in [1.29, 1.82) is 0 Å². The Morgan fingerprint density at radius 1 is 1.09 bits per heavy atom. The highest BCUT2D eigenvalue weighted by Gasteiger charge is 2.18. The smallest absolute Gasteiger partial charge is 0.337 e. The molecule has 0 aromatic heterocycles. The molecule has 4 nitrogen and oxygen atoms in total. The molecular weight excluding hydrogens is 346 g/mol. The summed E-state index contributed by atoms with van der Waals surface area (Å²) in [5.41, 5.74) is 7.52. The van der Waals surface area contributed by atoms with E-state index in [9.17, 15) is 4.79 Å². The monoisotopic (exact) mass is 363 g/mol. The van der Waals surface area contributed by atoms with Crippen molar-refractivity contribution >= 4 is 21.9 Å². The van der Waals surface area contributed by atoms with Gasteiger partial charge in [-0.3, -0.25) is 0 Å². The van der Waals surface area contributed by atoms with Crippen molar-refractivity contribution in [2.75, 3.05) is 7.11 Å². The van der Waals surface area contributed by atoms with Crippen LogP contribution in [0.15, 0.2) is 53.0 Å². The van der Waals surface area contributed by atoms with E-state index >= 15 is 0 Å². The molecule has 0 bridgehead atoms. The van der Waals surface area contributed by atoms with Gasteiger partial charge in [-0.15, -0.1) is 0 Å². The minimum absolute atomic E-state index is 0.179. The topological polar surface area (TPSA) is 61.5 Å². The molecule has 0 saturated carbocycles. The fourth-order valence-electron chi connectivity index (χ4n) is 2.07. The van der Waals surface area contributed by atoms with Crippen molar-refractivity contribution in [2.24, 2.45) is 5.73 Å². The van der Waals surface area contributed by atoms with E-state index in [1.165, 1.54) is 7.11 Å². The van der Waals surface area contributed by atoms with E-state index in [0.717, 1.165) is 10.0 Å². The average molecular weight is 364 g/mol. The molecule has 2 aromatic rings. The zero-order valence-corrected chi connectivity index (χ0v) is 14.0. The molecule has 0 saturated heterocycles. The Morgan fingerprint density at radius 3 is 2.18 bits per heavy atom. The van der Waals surface area contributed by atoms with Crippen molar-refractivity contribution in [3.63, 3.8) is 0 Å². The van der Waals surface area contributed by atoms with Gasteiger partial charge in [-0.25, -0.2) is 4.79 Å². The second kappa shape index (κ2) is 7.42. The van der Waals surface area contributed by atoms with Crippen LogP contribution in [0.4, 0.5) is 0 Å². The number of halogens is 1. The van der Waals surface area contributed by atoms with E-state index in [1.807, 2.05) is 31.2 Å². The molecule has 22 heavy (non-hydrogen) atoms. The Labute approximate surface area is 138 Å². The molecule has 0 amide bonds. The second-order valence-corrected chi connectivity index (χ2v) is 5.88. The summed E-state index contributed by atoms with van der Waals surface area (Å²) in [5, 5.41) is 0. The summed E-state index contributed by atoms with van der Waals surface area (Å²) in [6.07, 6.45) is -0.267. The second-order valence-electron chi connectivity index (χ2n) is 4.97. The normalized spacial score (nSPS) is 13.3. The molecule has 2 rings (SSSR count). The van der Waals surface area contributed by atoms with Gasteiger partial charge in [0.15, 0.2) is 0 Å². The molecule has 2 aromatic carbocycles. The maximum absolute atomic E-state index is 11.4. The van der Waals surface area contributed by atoms with Crippen LogP contribution < -0.4 is 10.5 Å². The quantitative estimate of drug-likeness (QED) is 0.822. The van der Waals surface area contributed by atoms with Crippen LogP contribution in [-0.2, 0) is 4.74 Å². The van der Waals surface area contributed by atoms with E-state index < -0.39 is 0 Å². The first kappa shape index (κ1) is 16.5. The number of hydrogen-bond donors (Lipinski definition) is 1. The van der Waals surface area contributed by atoms with E-state index in [-0.39, 0.29) is 18.1 Å². The lowest BCUT2D eigenvalue weighted by Gasteiger charge is -2.23. The van der Waals surface area contributed by atoms with Gasteiger partial charge in [-0.1, -0.05) is 28.1 Å². The number of nitrogens with two attached hydrogens (primary N) is 1. The first-order valence-electron chi connectivity index (χ1n) is 6.87. The number of methoxy groups -OCH3 is 1. The van der Waals surface area contributed by atoms with Crippen LogP contribution in [0.3, 0.4) is 0 Å². The van der Waals surface area contributed by atoms with Gasteiger partial charge in [0.05, 0.1) is 12.7 Å². The number of esters is 1. The van der Waals surface area contributed by atoms with Crippen molar-refractivity contribution in [3.8, 4) is 5.75 Å². The summed E-state index contributed by atoms with van der Waals surface area (Å²) in [6.45, 7) is 1.90. The molecule has 0 spiro atoms. The molecule has 1 unspecified atom stereocenters. The number of hydrogen-bond acceptors (Lipinski definition) is 4. The lowest BCUT2D eigenvalue weighted by molar-refractivity contribution is 0.0600. The third kappa shape index (κ3) is 4.08. The summed E-state index contributed by atoms with van der Waals surface area (Å²) in [6, 6.07) is 14.5. The molecule has 0 radical (unpaired) electrons. The van der Waals surface area contributed by atoms with Crippen LogP contribution in [0.2, 0.25) is 0 Å². The van der Waals surface area contributed by atoms with Gasteiger partial charge in [-0.05, 0) is 48.9 Å². The van der Waals surface area contributed by atoms with Crippen molar-refractivity contribution in [1.82, 2.24) is 0 Å². The maximum atomic E-state index is 11.4. The van der Waals surface area contributed by atoms with E-state index in [2.05, 4.69) is 20.7 Å². The number of carbonyl (C=O) groups excluding carboxylic acids is 1. The van der Waals surface area contributed by atoms with E-state index in [4.69, 9.17) is 10.5 Å². The number of carbonyl (C=O) groups is 1. The van der Waals surface area contributed by atoms with Crippen molar-refractivity contribution in [3.05, 3.63) is 64.1 Å². The molecule has 0 heterocycles. The zero-order chi connectivity index (χ0) is 16.1. The number of ether oxygens (including phenoxy) is 2. The maximum Gasteiger partial charge on any atom is 0.337 e. The lowest BCUT2D eigenvalue weighted by atomic mass is 10.0. The van der Waals surface area contributed by atoms with Crippen LogP contribution in [0, 0.1) is 0 Å². The summed E-state index contributed by atoms with van der Waals surface area (Å²) < 4.78 is 11.7. The molecule has 0 aliphatic heterocycles. The predicted octanol–water partition coefficient (Wildman–Crippen LogP) is 3.70. The molecule has 0 fully saturated rings. The van der Waals surface area contributed by atoms with Gasteiger partial charge in [-0.2, -0.15) is 0 Å². The molecule has 0 aliphatic carbocycles. The van der Waals surface area contributed by atoms with Crippen LogP contribution in [0.5, 0.6) is 5.75 Å². The van der Waals surface area contributed by atoms with Gasteiger partial charge in [0.1, 0.15) is 11.9 Å². The molecule has 2 atom stereocenters. The molecule has 116 valence electrons. The average Bonchev–Trinajstić information content (AvgIpc) is 2.53. The summed E-state index contributed by atoms with van der Waals surface area (Å²) in [4.78, 5) is 11.4. The van der Waals surface area contributed by atoms with Gasteiger partial charge < -0.3 is 15.2 Å². The van der Waals surface area contributed by atoms with Crippen LogP contribution in [0.25, 0.3) is 0 Å². The predicted molar refractivity (Wildman–Crippen MR) is 88.9 cm³/mol. The molecule has 5 heteroatoms. The highest BCUT2D eigenvalue weighted by molar-refractivity contribution is 9.10. The Bertz CT molecular complexity index is 623. The summed E-state index contributed by atoms with van der Waals surface area (Å²) >= 11 is 3.41. The summed E-state index contributed by atoms with van der Waals surface area (Å²) in [5.74, 6) is 0.279. The minimum atomic E-state index is -0.372. The van der Waals surface area contributed by atoms with Crippen molar-refractivity contribution in [2.45, 2.75) is 19.1 Å². The lowest BCUT2D eigenvalue weighted by Crippen LogP contribution is -2.29. The Morgan fingerprint density at radius 2 is 1.68 bits per heavy atom. The third-order valence-corrected chi connectivity index (χ3v) is 3.74. The van der Waals surface area contributed by atoms with Gasteiger partial charge in [0.25, 0.3) is 0 Å². The standard InChI is InChI=1S/C17H18BrNO3/c1-11(19)16(12-3-7-14(18)8-4-12)22-15-9-5-13(6-10-15)17(20)21-2/h3-11,16H,19H2,1-2H3/t11?,16-/m0/s1. The van der Waals surface area contributed by atoms with Crippen LogP contribution in [-0.4, -0.2) is 19.1 Å². The first-order valence-corrected chi connectivity index (χ1v) is 7.66. The van der Waals surface area contributed by atoms with Crippen LogP contribution >= 0.6 is 15.9 Å². The largest absolute Gasteiger partial charge is 0.484 e. The highest BCUT2D eigenvalue weighted by Crippen LogP contribution is 2.25. The fraction of sp³-hybridized carbons (Fsp3) is 0.235. The highest BCUT2D eigenvalue weighted by atomic mass is 79.9. The fourth-order valence-corrected chi connectivity index (χ4v) is 2.33. The number of benzene rings is 2. The SMILES string of the molecule is COC(=O)c1ccc(O[C@H](c2ccc(Br)cc2)C(C)N)cc1. The Hall–Kier alpha value is -1.85. The van der Waals surface area contributed by atoms with Gasteiger partial charge in [0.2, 0.25) is 0 Å². The Balaban J connectivity index is 2.17. The summed E-state index contributed by atoms with van der Waals surface area (Å²) in [7, 11) is 1.35. The van der Waals surface area contributed by atoms with E-state index in [0.29, 0.717) is 11.3 Å².